The van der Waals surface area contributed by atoms with E-state index >= 15 is 0 Å². The van der Waals surface area contributed by atoms with Gasteiger partial charge in [-0.1, -0.05) is 36.4 Å². The molecule has 0 radical (unpaired) electrons. The summed E-state index contributed by atoms with van der Waals surface area (Å²) in [5, 5.41) is 2.68. The molecule has 3 aliphatic heterocycles. The molecule has 4 atom stereocenters. The van der Waals surface area contributed by atoms with Crippen molar-refractivity contribution in [2.75, 3.05) is 11.4 Å². The van der Waals surface area contributed by atoms with E-state index in [0.29, 0.717) is 12.2 Å². The Morgan fingerprint density at radius 3 is 2.35 bits per heavy atom. The van der Waals surface area contributed by atoms with Gasteiger partial charge in [0.25, 0.3) is 0 Å². The molecule has 4 unspecified atom stereocenters. The highest BCUT2D eigenvalue weighted by Crippen LogP contribution is 2.46. The molecule has 0 aliphatic carbocycles. The fourth-order valence-electron chi connectivity index (χ4n) is 6.53. The van der Waals surface area contributed by atoms with Gasteiger partial charge in [0, 0.05) is 40.3 Å². The minimum atomic E-state index is 0.226. The monoisotopic (exact) mass is 409 g/mol. The van der Waals surface area contributed by atoms with Gasteiger partial charge in [-0.3, -0.25) is 4.90 Å². The van der Waals surface area contributed by atoms with Gasteiger partial charge in [-0.25, -0.2) is 0 Å². The van der Waals surface area contributed by atoms with Gasteiger partial charge in [-0.05, 0) is 76.4 Å². The van der Waals surface area contributed by atoms with Crippen molar-refractivity contribution in [3.8, 4) is 5.69 Å². The second-order valence-corrected chi connectivity index (χ2v) is 9.88. The number of hydrogen-bond acceptors (Lipinski definition) is 2. The van der Waals surface area contributed by atoms with Gasteiger partial charge in [0.05, 0.1) is 17.2 Å². The van der Waals surface area contributed by atoms with Crippen molar-refractivity contribution in [3.63, 3.8) is 0 Å². The molecule has 158 valence electrons. The third kappa shape index (κ3) is 2.62. The second kappa shape index (κ2) is 6.61. The Kier molecular flexibility index (Phi) is 4.04. The van der Waals surface area contributed by atoms with Gasteiger partial charge in [0.15, 0.2) is 0 Å². The van der Waals surface area contributed by atoms with Crippen LogP contribution < -0.4 is 4.90 Å². The van der Waals surface area contributed by atoms with Crippen molar-refractivity contribution >= 4 is 27.5 Å². The molecule has 3 saturated heterocycles. The summed E-state index contributed by atoms with van der Waals surface area (Å²) in [7, 11) is 0. The second-order valence-electron chi connectivity index (χ2n) is 9.88. The number of piperidine rings is 1. The number of benzene rings is 3. The van der Waals surface area contributed by atoms with Crippen molar-refractivity contribution in [3.05, 3.63) is 72.3 Å². The van der Waals surface area contributed by atoms with Gasteiger partial charge >= 0.3 is 0 Å². The van der Waals surface area contributed by atoms with Crippen LogP contribution in [-0.4, -0.2) is 33.8 Å². The maximum absolute atomic E-state index is 2.72. The maximum atomic E-state index is 2.72. The lowest BCUT2D eigenvalue weighted by molar-refractivity contribution is 0.00479. The average molecular weight is 410 g/mol. The quantitative estimate of drug-likeness (QED) is 0.374. The number of rotatable bonds is 2. The molecule has 7 rings (SSSR count). The van der Waals surface area contributed by atoms with Gasteiger partial charge in [0.2, 0.25) is 0 Å². The van der Waals surface area contributed by atoms with Crippen LogP contribution in [0.4, 0.5) is 5.69 Å². The molecule has 0 saturated carbocycles. The summed E-state index contributed by atoms with van der Waals surface area (Å²) in [4.78, 5) is 5.40. The fourth-order valence-corrected chi connectivity index (χ4v) is 6.53. The third-order valence-electron chi connectivity index (χ3n) is 7.91. The summed E-state index contributed by atoms with van der Waals surface area (Å²) >= 11 is 0. The molecule has 3 aliphatic rings. The summed E-state index contributed by atoms with van der Waals surface area (Å²) in [6.07, 6.45) is 2.91. The van der Waals surface area contributed by atoms with E-state index in [1.807, 2.05) is 0 Å². The number of anilines is 1. The first-order valence-electron chi connectivity index (χ1n) is 11.6. The van der Waals surface area contributed by atoms with Crippen LogP contribution in [0.5, 0.6) is 0 Å². The number of para-hydroxylation sites is 2. The van der Waals surface area contributed by atoms with Crippen molar-refractivity contribution in [1.29, 1.82) is 0 Å². The number of aryl methyl sites for hydroxylation is 1. The molecule has 0 N–H and O–H groups in total. The standard InChI is InChI=1S/C28H31N3/c1-19-16-27-24(17-26(19)31-21(3)29-15-14-28(31,4)18-20(29)2)23-12-8-9-13-25(23)30(27)22-10-6-5-7-11-22/h5-13,16-17,20-21H,14-15,18H2,1-4H3. The molecule has 3 aromatic carbocycles. The molecule has 3 fully saturated rings. The molecule has 2 bridgehead atoms. The number of aromatic nitrogens is 1. The summed E-state index contributed by atoms with van der Waals surface area (Å²) < 4.78 is 2.42. The Hall–Kier alpha value is -2.78. The number of hydrogen-bond donors (Lipinski definition) is 0. The first kappa shape index (κ1) is 18.9. The van der Waals surface area contributed by atoms with E-state index < -0.39 is 0 Å². The largest absolute Gasteiger partial charge is 0.350 e. The predicted octanol–water partition coefficient (Wildman–Crippen LogP) is 6.50. The van der Waals surface area contributed by atoms with E-state index in [9.17, 15) is 0 Å². The topological polar surface area (TPSA) is 11.4 Å². The maximum Gasteiger partial charge on any atom is 0.0800 e. The van der Waals surface area contributed by atoms with Crippen LogP contribution in [-0.2, 0) is 0 Å². The Balaban J connectivity index is 1.61. The average Bonchev–Trinajstić information content (AvgIpc) is 3.07. The fraction of sp³-hybridized carbons (Fsp3) is 0.357. The van der Waals surface area contributed by atoms with Crippen LogP contribution in [0.15, 0.2) is 66.7 Å². The third-order valence-corrected chi connectivity index (χ3v) is 7.91. The summed E-state index contributed by atoms with van der Waals surface area (Å²) in [6.45, 7) is 10.8. The van der Waals surface area contributed by atoms with Crippen LogP contribution in [0, 0.1) is 6.92 Å². The zero-order valence-electron chi connectivity index (χ0n) is 19.0. The molecule has 0 amide bonds. The Morgan fingerprint density at radius 1 is 0.871 bits per heavy atom. The van der Waals surface area contributed by atoms with Gasteiger partial charge < -0.3 is 9.47 Å². The molecular weight excluding hydrogens is 378 g/mol. The SMILES string of the molecule is Cc1cc2c(cc1N1C(C)N3CCC1(C)CC3C)c1ccccc1n2-c1ccccc1. The van der Waals surface area contributed by atoms with E-state index in [1.165, 1.54) is 58.1 Å². The molecule has 3 heteroatoms. The van der Waals surface area contributed by atoms with Crippen LogP contribution >= 0.6 is 0 Å². The smallest absolute Gasteiger partial charge is 0.0800 e. The summed E-state index contributed by atoms with van der Waals surface area (Å²) in [5.74, 6) is 0. The van der Waals surface area contributed by atoms with E-state index in [-0.39, 0.29) is 5.54 Å². The Bertz CT molecular complexity index is 1290. The van der Waals surface area contributed by atoms with E-state index in [2.05, 4.69) is 109 Å². The van der Waals surface area contributed by atoms with Gasteiger partial charge in [-0.15, -0.1) is 0 Å². The molecule has 3 nitrogen and oxygen atoms in total. The highest BCUT2D eigenvalue weighted by molar-refractivity contribution is 6.10. The number of nitrogens with zero attached hydrogens (tertiary/aromatic N) is 3. The van der Waals surface area contributed by atoms with Crippen molar-refractivity contribution in [2.24, 2.45) is 0 Å². The first-order valence-corrected chi connectivity index (χ1v) is 11.6. The minimum Gasteiger partial charge on any atom is -0.350 e. The van der Waals surface area contributed by atoms with E-state index in [4.69, 9.17) is 0 Å². The van der Waals surface area contributed by atoms with Crippen molar-refractivity contribution in [2.45, 2.75) is 58.3 Å². The van der Waals surface area contributed by atoms with Crippen LogP contribution in [0.1, 0.15) is 39.2 Å². The zero-order chi connectivity index (χ0) is 21.3. The van der Waals surface area contributed by atoms with Gasteiger partial charge in [-0.2, -0.15) is 0 Å². The molecule has 1 aromatic heterocycles. The summed E-state index contributed by atoms with van der Waals surface area (Å²) in [5.41, 5.74) is 6.78. The lowest BCUT2D eigenvalue weighted by Crippen LogP contribution is -2.71. The molecular formula is C28H31N3. The van der Waals surface area contributed by atoms with Gasteiger partial charge in [0.1, 0.15) is 0 Å². The van der Waals surface area contributed by atoms with E-state index in [1.54, 1.807) is 0 Å². The van der Waals surface area contributed by atoms with Crippen LogP contribution in [0.2, 0.25) is 0 Å². The number of fused-ring (bicyclic) bond motifs is 6. The first-order chi connectivity index (χ1) is 15.0. The molecule has 0 spiro atoms. The Labute approximate surface area is 184 Å². The lowest BCUT2D eigenvalue weighted by Gasteiger charge is -2.62. The lowest BCUT2D eigenvalue weighted by atomic mass is 9.78. The van der Waals surface area contributed by atoms with Crippen molar-refractivity contribution in [1.82, 2.24) is 9.47 Å². The molecule has 4 aromatic rings. The normalized spacial score (nSPS) is 28.0. The highest BCUT2D eigenvalue weighted by Gasteiger charge is 2.49. The predicted molar refractivity (Wildman–Crippen MR) is 131 cm³/mol. The zero-order valence-corrected chi connectivity index (χ0v) is 19.0. The van der Waals surface area contributed by atoms with Crippen LogP contribution in [0.25, 0.3) is 27.5 Å². The van der Waals surface area contributed by atoms with Crippen LogP contribution in [0.3, 0.4) is 0 Å². The van der Waals surface area contributed by atoms with E-state index in [0.717, 1.165) is 0 Å². The molecule has 31 heavy (non-hydrogen) atoms. The van der Waals surface area contributed by atoms with Crippen molar-refractivity contribution < 1.29 is 0 Å². The Morgan fingerprint density at radius 2 is 1.61 bits per heavy atom. The highest BCUT2D eigenvalue weighted by atomic mass is 15.4. The summed E-state index contributed by atoms with van der Waals surface area (Å²) in [6, 6.07) is 25.1. The minimum absolute atomic E-state index is 0.226. The molecule has 4 heterocycles.